The van der Waals surface area contributed by atoms with Crippen molar-refractivity contribution < 1.29 is 9.59 Å². The van der Waals surface area contributed by atoms with Gasteiger partial charge in [0.05, 0.1) is 5.57 Å². The van der Waals surface area contributed by atoms with Gasteiger partial charge < -0.3 is 9.80 Å². The molecule has 0 N–H and O–H groups in total. The maximum absolute atomic E-state index is 13.4. The fraction of sp³-hybridized carbons (Fsp3) is 0.600. The zero-order valence-corrected chi connectivity index (χ0v) is 19.0. The van der Waals surface area contributed by atoms with Crippen LogP contribution in [0.3, 0.4) is 0 Å². The van der Waals surface area contributed by atoms with Crippen molar-refractivity contribution in [2.24, 2.45) is 0 Å². The summed E-state index contributed by atoms with van der Waals surface area (Å²) in [4.78, 5) is 32.8. The molecule has 2 heterocycles. The molecule has 5 nitrogen and oxygen atoms in total. The summed E-state index contributed by atoms with van der Waals surface area (Å²) in [5.74, 6) is -0.223. The van der Waals surface area contributed by atoms with E-state index in [2.05, 4.69) is 23.6 Å². The molecular weight excluding hydrogens is 374 g/mol. The van der Waals surface area contributed by atoms with E-state index in [1.807, 2.05) is 31.2 Å². The summed E-state index contributed by atoms with van der Waals surface area (Å²) in [5.41, 5.74) is 3.22. The summed E-state index contributed by atoms with van der Waals surface area (Å²) in [7, 11) is 0. The lowest BCUT2D eigenvalue weighted by Gasteiger charge is -2.36. The number of unbranched alkanes of at least 4 members (excludes halogenated alkanes) is 5. The number of hydrogen-bond acceptors (Lipinski definition) is 4. The predicted octanol–water partition coefficient (Wildman–Crippen LogP) is 4.07. The van der Waals surface area contributed by atoms with Crippen molar-refractivity contribution in [2.75, 3.05) is 39.3 Å². The van der Waals surface area contributed by atoms with E-state index in [0.29, 0.717) is 17.8 Å². The molecule has 0 aliphatic carbocycles. The van der Waals surface area contributed by atoms with Gasteiger partial charge in [0.15, 0.2) is 0 Å². The number of piperazine rings is 1. The van der Waals surface area contributed by atoms with Gasteiger partial charge >= 0.3 is 0 Å². The normalized spacial score (nSPS) is 18.1. The lowest BCUT2D eigenvalue weighted by Crippen LogP contribution is -2.47. The Bertz CT molecular complexity index is 761. The minimum atomic E-state index is -0.120. The van der Waals surface area contributed by atoms with Crippen LogP contribution in [-0.4, -0.2) is 65.8 Å². The number of benzene rings is 1. The third-order valence-corrected chi connectivity index (χ3v) is 6.35. The highest BCUT2D eigenvalue weighted by molar-refractivity contribution is 6.35. The highest BCUT2D eigenvalue weighted by atomic mass is 16.2. The zero-order valence-electron chi connectivity index (χ0n) is 19.0. The molecule has 30 heavy (non-hydrogen) atoms. The molecule has 1 saturated heterocycles. The molecule has 1 fully saturated rings. The first-order chi connectivity index (χ1) is 14.6. The SMILES string of the molecule is CCCCCCCCN1C(=O)C(c2ccc(C)cc2)=C(N2CCN(CC)CC2)C1=O. The Balaban J connectivity index is 1.78. The second-order valence-corrected chi connectivity index (χ2v) is 8.54. The van der Waals surface area contributed by atoms with E-state index in [1.165, 1.54) is 30.6 Å². The largest absolute Gasteiger partial charge is 0.364 e. The summed E-state index contributed by atoms with van der Waals surface area (Å²) in [6.07, 6.45) is 6.85. The van der Waals surface area contributed by atoms with E-state index < -0.39 is 0 Å². The Kier molecular flexibility index (Phi) is 8.08. The second-order valence-electron chi connectivity index (χ2n) is 8.54. The Hall–Kier alpha value is -2.14. The van der Waals surface area contributed by atoms with E-state index in [-0.39, 0.29) is 11.8 Å². The van der Waals surface area contributed by atoms with Crippen molar-refractivity contribution in [3.05, 3.63) is 41.1 Å². The predicted molar refractivity (Wildman–Crippen MR) is 122 cm³/mol. The average molecular weight is 412 g/mol. The van der Waals surface area contributed by atoms with Gasteiger partial charge in [-0.25, -0.2) is 0 Å². The highest BCUT2D eigenvalue weighted by Crippen LogP contribution is 2.32. The van der Waals surface area contributed by atoms with Crippen molar-refractivity contribution in [3.8, 4) is 0 Å². The molecular formula is C25H37N3O2. The van der Waals surface area contributed by atoms with Crippen LogP contribution < -0.4 is 0 Å². The summed E-state index contributed by atoms with van der Waals surface area (Å²) < 4.78 is 0. The molecule has 2 aliphatic heterocycles. The molecule has 3 rings (SSSR count). The summed E-state index contributed by atoms with van der Waals surface area (Å²) in [6.45, 7) is 11.4. The summed E-state index contributed by atoms with van der Waals surface area (Å²) in [5, 5.41) is 0. The van der Waals surface area contributed by atoms with Crippen LogP contribution in [0.25, 0.3) is 5.57 Å². The van der Waals surface area contributed by atoms with E-state index in [9.17, 15) is 9.59 Å². The Labute approximate surface area is 181 Å². The van der Waals surface area contributed by atoms with Crippen LogP contribution in [0.2, 0.25) is 0 Å². The first-order valence-corrected chi connectivity index (χ1v) is 11.7. The number of likely N-dealkylation sites (N-methyl/N-ethyl adjacent to an activating group) is 1. The molecule has 164 valence electrons. The molecule has 1 aromatic rings. The first-order valence-electron chi connectivity index (χ1n) is 11.7. The third-order valence-electron chi connectivity index (χ3n) is 6.35. The van der Waals surface area contributed by atoms with Gasteiger partial charge in [-0.3, -0.25) is 14.5 Å². The van der Waals surface area contributed by atoms with E-state index in [1.54, 1.807) is 0 Å². The number of aryl methyl sites for hydroxylation is 1. The van der Waals surface area contributed by atoms with Crippen molar-refractivity contribution in [1.82, 2.24) is 14.7 Å². The van der Waals surface area contributed by atoms with Crippen molar-refractivity contribution in [2.45, 2.75) is 59.3 Å². The molecule has 0 spiro atoms. The van der Waals surface area contributed by atoms with Gasteiger partial charge in [0, 0.05) is 32.7 Å². The van der Waals surface area contributed by atoms with E-state index in [4.69, 9.17) is 0 Å². The number of rotatable bonds is 10. The number of amides is 2. The summed E-state index contributed by atoms with van der Waals surface area (Å²) in [6, 6.07) is 7.99. The van der Waals surface area contributed by atoms with Gasteiger partial charge in [0.1, 0.15) is 5.70 Å². The van der Waals surface area contributed by atoms with Gasteiger partial charge in [0.2, 0.25) is 0 Å². The number of nitrogens with zero attached hydrogens (tertiary/aromatic N) is 3. The molecule has 1 aromatic carbocycles. The van der Waals surface area contributed by atoms with Crippen molar-refractivity contribution >= 4 is 17.4 Å². The Morgan fingerprint density at radius 2 is 1.43 bits per heavy atom. The standard InChI is InChI=1S/C25H37N3O2/c1-4-6-7-8-9-10-15-28-24(29)22(21-13-11-20(3)12-14-21)23(25(28)30)27-18-16-26(5-2)17-19-27/h11-14H,4-10,15-19H2,1-3H3. The Morgan fingerprint density at radius 3 is 2.07 bits per heavy atom. The minimum Gasteiger partial charge on any atom is -0.364 e. The molecule has 0 atom stereocenters. The van der Waals surface area contributed by atoms with Gasteiger partial charge in [-0.05, 0) is 25.5 Å². The topological polar surface area (TPSA) is 43.9 Å². The average Bonchev–Trinajstić information content (AvgIpc) is 3.01. The molecule has 2 amide bonds. The molecule has 2 aliphatic rings. The van der Waals surface area contributed by atoms with Crippen LogP contribution in [0.5, 0.6) is 0 Å². The third kappa shape index (κ3) is 5.12. The van der Waals surface area contributed by atoms with Crippen LogP contribution in [0.15, 0.2) is 30.0 Å². The van der Waals surface area contributed by atoms with Crippen LogP contribution in [0.4, 0.5) is 0 Å². The van der Waals surface area contributed by atoms with Crippen molar-refractivity contribution in [1.29, 1.82) is 0 Å². The molecule has 5 heteroatoms. The lowest BCUT2D eigenvalue weighted by molar-refractivity contribution is -0.137. The molecule has 0 unspecified atom stereocenters. The van der Waals surface area contributed by atoms with Crippen molar-refractivity contribution in [3.63, 3.8) is 0 Å². The van der Waals surface area contributed by atoms with Gasteiger partial charge in [-0.1, -0.05) is 75.8 Å². The first kappa shape index (κ1) is 22.5. The molecule has 0 bridgehead atoms. The maximum Gasteiger partial charge on any atom is 0.277 e. The maximum atomic E-state index is 13.4. The fourth-order valence-corrected chi connectivity index (χ4v) is 4.38. The minimum absolute atomic E-state index is 0.103. The lowest BCUT2D eigenvalue weighted by atomic mass is 10.0. The number of carbonyl (C=O) groups excluding carboxylic acids is 2. The van der Waals surface area contributed by atoms with Gasteiger partial charge in [-0.15, -0.1) is 0 Å². The Morgan fingerprint density at radius 1 is 0.800 bits per heavy atom. The molecule has 0 aromatic heterocycles. The van der Waals surface area contributed by atoms with Gasteiger partial charge in [-0.2, -0.15) is 0 Å². The van der Waals surface area contributed by atoms with Gasteiger partial charge in [0.25, 0.3) is 11.8 Å². The number of carbonyl (C=O) groups is 2. The van der Waals surface area contributed by atoms with Crippen LogP contribution in [-0.2, 0) is 9.59 Å². The molecule has 0 saturated carbocycles. The summed E-state index contributed by atoms with van der Waals surface area (Å²) >= 11 is 0. The van der Waals surface area contributed by atoms with E-state index >= 15 is 0 Å². The van der Waals surface area contributed by atoms with Crippen LogP contribution in [0.1, 0.15) is 63.5 Å². The second kappa shape index (κ2) is 10.8. The number of imide groups is 1. The number of hydrogen-bond donors (Lipinski definition) is 0. The highest BCUT2D eigenvalue weighted by Gasteiger charge is 2.41. The monoisotopic (exact) mass is 411 g/mol. The quantitative estimate of drug-likeness (QED) is 0.430. The van der Waals surface area contributed by atoms with Crippen LogP contribution in [0, 0.1) is 6.92 Å². The zero-order chi connectivity index (χ0) is 21.5. The van der Waals surface area contributed by atoms with Crippen LogP contribution >= 0.6 is 0 Å². The fourth-order valence-electron chi connectivity index (χ4n) is 4.38. The molecule has 0 radical (unpaired) electrons. The van der Waals surface area contributed by atoms with E-state index in [0.717, 1.165) is 56.7 Å². The smallest absolute Gasteiger partial charge is 0.277 e.